The summed E-state index contributed by atoms with van der Waals surface area (Å²) >= 11 is 0. The highest BCUT2D eigenvalue weighted by Gasteiger charge is 1.98. The minimum absolute atomic E-state index is 0.510. The normalized spacial score (nSPS) is 11.2. The van der Waals surface area contributed by atoms with Gasteiger partial charge in [0.05, 0.1) is 19.1 Å². The summed E-state index contributed by atoms with van der Waals surface area (Å²) in [4.78, 5) is 4.29. The van der Waals surface area contributed by atoms with Gasteiger partial charge in [0.15, 0.2) is 0 Å². The van der Waals surface area contributed by atoms with Crippen LogP contribution in [-0.2, 0) is 6.54 Å². The second kappa shape index (κ2) is 5.72. The first-order valence-electron chi connectivity index (χ1n) is 5.22. The van der Waals surface area contributed by atoms with E-state index >= 15 is 0 Å². The smallest absolute Gasteiger partial charge is 0.210 e. The predicted molar refractivity (Wildman–Crippen MR) is 67.2 cm³/mol. The van der Waals surface area contributed by atoms with E-state index in [1.807, 2.05) is 36.4 Å². The second-order valence-corrected chi connectivity index (χ2v) is 3.43. The molecule has 0 fully saturated rings. The molecule has 0 aliphatic carbocycles. The lowest BCUT2D eigenvalue weighted by Gasteiger charge is -2.08. The number of nitrogens with zero attached hydrogens (tertiary/aromatic N) is 1. The number of nitrogens with two attached hydrogens (primary N) is 1. The first kappa shape index (κ1) is 11.2. The van der Waals surface area contributed by atoms with Gasteiger partial charge in [-0.1, -0.05) is 18.2 Å². The molecule has 4 N–H and O–H groups in total. The topological polar surface area (TPSA) is 75.6 Å². The van der Waals surface area contributed by atoms with Crippen molar-refractivity contribution in [2.75, 3.05) is 5.32 Å². The Labute approximate surface area is 99.3 Å². The molecular weight excluding hydrogens is 216 g/mol. The number of guanidine groups is 1. The van der Waals surface area contributed by atoms with E-state index in [9.17, 15) is 0 Å². The average molecular weight is 230 g/mol. The molecule has 2 rings (SSSR count). The summed E-state index contributed by atoms with van der Waals surface area (Å²) in [6, 6.07) is 11.6. The van der Waals surface area contributed by atoms with Gasteiger partial charge >= 0.3 is 0 Å². The van der Waals surface area contributed by atoms with E-state index in [1.54, 1.807) is 12.5 Å². The highest BCUT2D eigenvalue weighted by atomic mass is 16.3. The molecule has 1 aromatic heterocycles. The van der Waals surface area contributed by atoms with Crippen LogP contribution >= 0.6 is 0 Å². The number of para-hydroxylation sites is 1. The van der Waals surface area contributed by atoms with E-state index < -0.39 is 0 Å². The van der Waals surface area contributed by atoms with Crippen molar-refractivity contribution in [2.24, 2.45) is 10.8 Å². The van der Waals surface area contributed by atoms with Crippen LogP contribution in [0.2, 0.25) is 0 Å². The van der Waals surface area contributed by atoms with Crippen molar-refractivity contribution >= 4 is 11.6 Å². The van der Waals surface area contributed by atoms with Crippen LogP contribution in [-0.4, -0.2) is 5.96 Å². The molecule has 1 aromatic carbocycles. The zero-order valence-electron chi connectivity index (χ0n) is 9.26. The average Bonchev–Trinajstić information content (AvgIpc) is 2.89. The minimum Gasteiger partial charge on any atom is -0.472 e. The second-order valence-electron chi connectivity index (χ2n) is 3.43. The number of aliphatic imine (C=N–C) groups is 1. The number of hydrogen-bond donors (Lipinski definition) is 3. The fourth-order valence-corrected chi connectivity index (χ4v) is 1.33. The summed E-state index contributed by atoms with van der Waals surface area (Å²) in [5, 5.41) is 3.07. The van der Waals surface area contributed by atoms with Crippen LogP contribution in [0.25, 0.3) is 0 Å². The van der Waals surface area contributed by atoms with Gasteiger partial charge < -0.3 is 9.73 Å². The third-order valence-electron chi connectivity index (χ3n) is 2.17. The van der Waals surface area contributed by atoms with Crippen LogP contribution in [0.15, 0.2) is 58.3 Å². The third-order valence-corrected chi connectivity index (χ3v) is 2.17. The molecule has 0 saturated carbocycles. The molecule has 1 heterocycles. The number of furan rings is 1. The van der Waals surface area contributed by atoms with Gasteiger partial charge in [0.1, 0.15) is 0 Å². The Kier molecular flexibility index (Phi) is 3.77. The van der Waals surface area contributed by atoms with Crippen LogP contribution in [0, 0.1) is 0 Å². The van der Waals surface area contributed by atoms with Crippen LogP contribution in [0.5, 0.6) is 0 Å². The number of nitrogens with one attached hydrogen (secondary N) is 2. The lowest BCUT2D eigenvalue weighted by Crippen LogP contribution is -2.36. The molecule has 5 nitrogen and oxygen atoms in total. The molecule has 2 aromatic rings. The largest absolute Gasteiger partial charge is 0.472 e. The van der Waals surface area contributed by atoms with Gasteiger partial charge in [-0.05, 0) is 18.2 Å². The van der Waals surface area contributed by atoms with Crippen LogP contribution in [0.4, 0.5) is 5.69 Å². The van der Waals surface area contributed by atoms with Crippen molar-refractivity contribution in [3.8, 4) is 0 Å². The molecule has 0 bridgehead atoms. The van der Waals surface area contributed by atoms with Gasteiger partial charge in [0.25, 0.3) is 0 Å². The molecular formula is C12H14N4O. The Bertz CT molecular complexity index is 465. The summed E-state index contributed by atoms with van der Waals surface area (Å²) in [7, 11) is 0. The van der Waals surface area contributed by atoms with Crippen molar-refractivity contribution in [2.45, 2.75) is 6.54 Å². The number of hydrogen-bond acceptors (Lipinski definition) is 3. The van der Waals surface area contributed by atoms with E-state index in [0.717, 1.165) is 11.3 Å². The Morgan fingerprint density at radius 1 is 1.24 bits per heavy atom. The Balaban J connectivity index is 1.99. The summed E-state index contributed by atoms with van der Waals surface area (Å²) in [6.07, 6.45) is 3.27. The molecule has 0 radical (unpaired) electrons. The van der Waals surface area contributed by atoms with Crippen molar-refractivity contribution < 1.29 is 4.42 Å². The third kappa shape index (κ3) is 3.35. The lowest BCUT2D eigenvalue weighted by molar-refractivity contribution is 0.564. The van der Waals surface area contributed by atoms with Gasteiger partial charge in [-0.2, -0.15) is 0 Å². The molecule has 0 aliphatic rings. The monoisotopic (exact) mass is 230 g/mol. The molecule has 88 valence electrons. The molecule has 0 amide bonds. The molecule has 0 aliphatic heterocycles. The Hall–Kier alpha value is -2.27. The zero-order valence-corrected chi connectivity index (χ0v) is 9.26. The van der Waals surface area contributed by atoms with Gasteiger partial charge in [-0.3, -0.25) is 5.43 Å². The Morgan fingerprint density at radius 3 is 2.71 bits per heavy atom. The van der Waals surface area contributed by atoms with Crippen molar-refractivity contribution in [1.29, 1.82) is 0 Å². The van der Waals surface area contributed by atoms with Crippen molar-refractivity contribution in [1.82, 2.24) is 5.43 Å². The number of rotatable bonds is 3. The molecule has 17 heavy (non-hydrogen) atoms. The summed E-state index contributed by atoms with van der Waals surface area (Å²) in [6.45, 7) is 0.510. The molecule has 0 atom stereocenters. The van der Waals surface area contributed by atoms with Gasteiger partial charge in [-0.15, -0.1) is 0 Å². The molecule has 5 heteroatoms. The van der Waals surface area contributed by atoms with Crippen LogP contribution in [0.1, 0.15) is 5.56 Å². The highest BCUT2D eigenvalue weighted by Crippen LogP contribution is 2.05. The maximum atomic E-state index is 5.39. The SMILES string of the molecule is NNC(=NCc1ccoc1)Nc1ccccc1. The Morgan fingerprint density at radius 2 is 2.06 bits per heavy atom. The van der Waals surface area contributed by atoms with Gasteiger partial charge in [0.2, 0.25) is 5.96 Å². The highest BCUT2D eigenvalue weighted by molar-refractivity contribution is 5.93. The minimum atomic E-state index is 0.510. The van der Waals surface area contributed by atoms with Gasteiger partial charge in [0, 0.05) is 11.3 Å². The fourth-order valence-electron chi connectivity index (χ4n) is 1.33. The standard InChI is InChI=1S/C12H14N4O/c13-16-12(14-8-10-6-7-17-9-10)15-11-4-2-1-3-5-11/h1-7,9H,8,13H2,(H2,14,15,16). The fraction of sp³-hybridized carbons (Fsp3) is 0.0833. The van der Waals surface area contributed by atoms with Crippen molar-refractivity contribution in [3.63, 3.8) is 0 Å². The summed E-state index contributed by atoms with van der Waals surface area (Å²) in [5.74, 6) is 5.90. The van der Waals surface area contributed by atoms with E-state index in [4.69, 9.17) is 10.3 Å². The molecule has 0 unspecified atom stereocenters. The first-order valence-corrected chi connectivity index (χ1v) is 5.22. The molecule has 0 spiro atoms. The number of anilines is 1. The summed E-state index contributed by atoms with van der Waals surface area (Å²) in [5.41, 5.74) is 4.44. The first-order chi connectivity index (χ1) is 8.38. The quantitative estimate of drug-likeness (QED) is 0.325. The number of benzene rings is 1. The van der Waals surface area contributed by atoms with E-state index in [1.165, 1.54) is 0 Å². The van der Waals surface area contributed by atoms with E-state index in [0.29, 0.717) is 12.5 Å². The van der Waals surface area contributed by atoms with E-state index in [2.05, 4.69) is 15.7 Å². The van der Waals surface area contributed by atoms with Crippen LogP contribution in [0.3, 0.4) is 0 Å². The number of hydrazine groups is 1. The molecule has 0 saturated heterocycles. The van der Waals surface area contributed by atoms with Gasteiger partial charge in [-0.25, -0.2) is 10.8 Å². The maximum absolute atomic E-state index is 5.39. The maximum Gasteiger partial charge on any atom is 0.210 e. The van der Waals surface area contributed by atoms with E-state index in [-0.39, 0.29) is 0 Å². The predicted octanol–water partition coefficient (Wildman–Crippen LogP) is 1.71. The van der Waals surface area contributed by atoms with Crippen molar-refractivity contribution in [3.05, 3.63) is 54.5 Å². The zero-order chi connectivity index (χ0) is 11.9. The lowest BCUT2D eigenvalue weighted by atomic mass is 10.3. The van der Waals surface area contributed by atoms with Crippen LogP contribution < -0.4 is 16.6 Å². The summed E-state index contributed by atoms with van der Waals surface area (Å²) < 4.78 is 4.96.